The Hall–Kier alpha value is -2.66. The Balaban J connectivity index is 1.67. The van der Waals surface area contributed by atoms with E-state index in [2.05, 4.69) is 65.7 Å². The van der Waals surface area contributed by atoms with Crippen LogP contribution in [0.2, 0.25) is 0 Å². The molecule has 26 heavy (non-hydrogen) atoms. The molecule has 4 rings (SSSR count). The third-order valence-electron chi connectivity index (χ3n) is 4.86. The average Bonchev–Trinajstić information content (AvgIpc) is 3.05. The van der Waals surface area contributed by atoms with Crippen LogP contribution in [0.3, 0.4) is 0 Å². The van der Waals surface area contributed by atoms with E-state index < -0.39 is 0 Å². The lowest BCUT2D eigenvalue weighted by atomic mass is 10.1. The van der Waals surface area contributed by atoms with Gasteiger partial charge in [-0.2, -0.15) is 9.61 Å². The maximum absolute atomic E-state index is 4.77. The number of anilines is 1. The fourth-order valence-electron chi connectivity index (χ4n) is 3.63. The van der Waals surface area contributed by atoms with Crippen molar-refractivity contribution in [2.75, 3.05) is 37.6 Å². The SMILES string of the molecule is C=C(C)CN1CCN(c2cc(C)nc3c(-c4ccccc4)cnn23)CC1. The van der Waals surface area contributed by atoms with Gasteiger partial charge in [-0.3, -0.25) is 4.90 Å². The molecule has 5 nitrogen and oxygen atoms in total. The summed E-state index contributed by atoms with van der Waals surface area (Å²) in [4.78, 5) is 9.65. The predicted molar refractivity (Wildman–Crippen MR) is 107 cm³/mol. The van der Waals surface area contributed by atoms with Gasteiger partial charge in [-0.25, -0.2) is 4.98 Å². The van der Waals surface area contributed by atoms with Gasteiger partial charge < -0.3 is 4.90 Å². The summed E-state index contributed by atoms with van der Waals surface area (Å²) in [5.41, 5.74) is 5.40. The van der Waals surface area contributed by atoms with Crippen molar-refractivity contribution in [3.05, 3.63) is 60.4 Å². The normalized spacial score (nSPS) is 15.5. The summed E-state index contributed by atoms with van der Waals surface area (Å²) in [6.07, 6.45) is 1.93. The van der Waals surface area contributed by atoms with E-state index >= 15 is 0 Å². The van der Waals surface area contributed by atoms with Crippen molar-refractivity contribution in [1.29, 1.82) is 0 Å². The molecule has 1 aliphatic heterocycles. The molecule has 3 heterocycles. The van der Waals surface area contributed by atoms with E-state index in [0.29, 0.717) is 0 Å². The Morgan fingerprint density at radius 1 is 1.12 bits per heavy atom. The number of fused-ring (bicyclic) bond motifs is 1. The van der Waals surface area contributed by atoms with E-state index in [0.717, 1.165) is 61.0 Å². The lowest BCUT2D eigenvalue weighted by molar-refractivity contribution is 0.277. The smallest absolute Gasteiger partial charge is 0.165 e. The number of aryl methyl sites for hydroxylation is 1. The molecule has 2 aromatic heterocycles. The van der Waals surface area contributed by atoms with Gasteiger partial charge in [0.05, 0.1) is 6.20 Å². The van der Waals surface area contributed by atoms with Crippen LogP contribution in [0.25, 0.3) is 16.8 Å². The second-order valence-electron chi connectivity index (χ2n) is 7.14. The molecule has 1 fully saturated rings. The Labute approximate surface area is 154 Å². The van der Waals surface area contributed by atoms with E-state index in [1.165, 1.54) is 5.57 Å². The van der Waals surface area contributed by atoms with Crippen LogP contribution < -0.4 is 4.90 Å². The van der Waals surface area contributed by atoms with Crippen molar-refractivity contribution in [2.24, 2.45) is 0 Å². The Bertz CT molecular complexity index is 920. The summed E-state index contributed by atoms with van der Waals surface area (Å²) in [5.74, 6) is 1.13. The minimum Gasteiger partial charge on any atom is -0.354 e. The molecule has 0 atom stereocenters. The molecular formula is C21H25N5. The molecule has 0 bridgehead atoms. The summed E-state index contributed by atoms with van der Waals surface area (Å²) in [6.45, 7) is 13.2. The lowest BCUT2D eigenvalue weighted by Gasteiger charge is -2.36. The van der Waals surface area contributed by atoms with Gasteiger partial charge in [0.2, 0.25) is 0 Å². The Morgan fingerprint density at radius 2 is 1.85 bits per heavy atom. The highest BCUT2D eigenvalue weighted by atomic mass is 15.4. The van der Waals surface area contributed by atoms with Gasteiger partial charge in [-0.15, -0.1) is 0 Å². The van der Waals surface area contributed by atoms with Gasteiger partial charge in [-0.05, 0) is 19.4 Å². The summed E-state index contributed by atoms with van der Waals surface area (Å²) in [7, 11) is 0. The molecule has 0 radical (unpaired) electrons. The first kappa shape index (κ1) is 16.8. The quantitative estimate of drug-likeness (QED) is 0.678. The molecule has 134 valence electrons. The van der Waals surface area contributed by atoms with Crippen LogP contribution in [-0.2, 0) is 0 Å². The number of hydrogen-bond acceptors (Lipinski definition) is 4. The monoisotopic (exact) mass is 347 g/mol. The second-order valence-corrected chi connectivity index (χ2v) is 7.14. The largest absolute Gasteiger partial charge is 0.354 e. The number of rotatable bonds is 4. The second kappa shape index (κ2) is 6.92. The van der Waals surface area contributed by atoms with Gasteiger partial charge in [0.25, 0.3) is 0 Å². The molecule has 0 spiro atoms. The summed E-state index contributed by atoms with van der Waals surface area (Å²) in [6, 6.07) is 12.5. The van der Waals surface area contributed by atoms with E-state index in [1.54, 1.807) is 0 Å². The first-order valence-electron chi connectivity index (χ1n) is 9.14. The third kappa shape index (κ3) is 3.22. The predicted octanol–water partition coefficient (Wildman–Crippen LogP) is 3.40. The summed E-state index contributed by atoms with van der Waals surface area (Å²) < 4.78 is 1.99. The first-order valence-corrected chi connectivity index (χ1v) is 9.14. The topological polar surface area (TPSA) is 36.7 Å². The molecule has 0 unspecified atom stereocenters. The van der Waals surface area contributed by atoms with Crippen LogP contribution in [-0.4, -0.2) is 52.2 Å². The van der Waals surface area contributed by atoms with E-state index in [1.807, 2.05) is 16.8 Å². The van der Waals surface area contributed by atoms with Crippen LogP contribution in [0.4, 0.5) is 5.82 Å². The van der Waals surface area contributed by atoms with Gasteiger partial charge in [-0.1, -0.05) is 42.5 Å². The summed E-state index contributed by atoms with van der Waals surface area (Å²) >= 11 is 0. The standard InChI is InChI=1S/C21H25N5/c1-16(2)15-24-9-11-25(12-10-24)20-13-17(3)23-21-19(14-22-26(20)21)18-7-5-4-6-8-18/h4-8,13-14H,1,9-12,15H2,2-3H3. The van der Waals surface area contributed by atoms with E-state index in [-0.39, 0.29) is 0 Å². The third-order valence-corrected chi connectivity index (χ3v) is 4.86. The van der Waals surface area contributed by atoms with Crippen molar-refractivity contribution in [3.63, 3.8) is 0 Å². The van der Waals surface area contributed by atoms with Crippen LogP contribution >= 0.6 is 0 Å². The number of aromatic nitrogens is 3. The van der Waals surface area contributed by atoms with Crippen LogP contribution in [0, 0.1) is 6.92 Å². The molecule has 5 heteroatoms. The van der Waals surface area contributed by atoms with Gasteiger partial charge in [0, 0.05) is 50.0 Å². The fourth-order valence-corrected chi connectivity index (χ4v) is 3.63. The molecule has 3 aromatic rings. The average molecular weight is 347 g/mol. The Morgan fingerprint density at radius 3 is 2.54 bits per heavy atom. The maximum Gasteiger partial charge on any atom is 0.165 e. The van der Waals surface area contributed by atoms with Crippen molar-refractivity contribution >= 4 is 11.5 Å². The van der Waals surface area contributed by atoms with Crippen molar-refractivity contribution in [1.82, 2.24) is 19.5 Å². The zero-order valence-electron chi connectivity index (χ0n) is 15.5. The Kier molecular flexibility index (Phi) is 4.47. The van der Waals surface area contributed by atoms with E-state index in [4.69, 9.17) is 4.98 Å². The van der Waals surface area contributed by atoms with Crippen LogP contribution in [0.1, 0.15) is 12.6 Å². The highest BCUT2D eigenvalue weighted by molar-refractivity contribution is 5.78. The van der Waals surface area contributed by atoms with Crippen molar-refractivity contribution < 1.29 is 0 Å². The van der Waals surface area contributed by atoms with Gasteiger partial charge >= 0.3 is 0 Å². The minimum atomic E-state index is 0.926. The van der Waals surface area contributed by atoms with Crippen LogP contribution in [0.15, 0.2) is 54.7 Å². The van der Waals surface area contributed by atoms with Crippen LogP contribution in [0.5, 0.6) is 0 Å². The molecule has 1 saturated heterocycles. The van der Waals surface area contributed by atoms with E-state index in [9.17, 15) is 0 Å². The minimum absolute atomic E-state index is 0.926. The van der Waals surface area contributed by atoms with Crippen molar-refractivity contribution in [2.45, 2.75) is 13.8 Å². The fraction of sp³-hybridized carbons (Fsp3) is 0.333. The molecule has 0 aliphatic carbocycles. The number of piperazine rings is 1. The number of benzene rings is 1. The maximum atomic E-state index is 4.77. The zero-order chi connectivity index (χ0) is 18.1. The first-order chi connectivity index (χ1) is 12.6. The molecule has 1 aromatic carbocycles. The highest BCUT2D eigenvalue weighted by Gasteiger charge is 2.21. The molecule has 0 saturated carbocycles. The molecule has 0 N–H and O–H groups in total. The molecule has 0 amide bonds. The zero-order valence-corrected chi connectivity index (χ0v) is 15.5. The number of nitrogens with zero attached hydrogens (tertiary/aromatic N) is 5. The summed E-state index contributed by atoms with van der Waals surface area (Å²) in [5, 5.41) is 4.66. The highest BCUT2D eigenvalue weighted by Crippen LogP contribution is 2.27. The molecule has 1 aliphatic rings. The van der Waals surface area contributed by atoms with Crippen molar-refractivity contribution in [3.8, 4) is 11.1 Å². The molecular weight excluding hydrogens is 322 g/mol. The van der Waals surface area contributed by atoms with Gasteiger partial charge in [0.15, 0.2) is 5.65 Å². The lowest BCUT2D eigenvalue weighted by Crippen LogP contribution is -2.47. The number of hydrogen-bond donors (Lipinski definition) is 0. The van der Waals surface area contributed by atoms with Gasteiger partial charge in [0.1, 0.15) is 5.82 Å².